The topological polar surface area (TPSA) is 88.1 Å². The monoisotopic (exact) mass is 404 g/mol. The number of halogens is 3. The Kier molecular flexibility index (Phi) is 7.25. The lowest BCUT2D eigenvalue weighted by atomic mass is 10.00. The highest BCUT2D eigenvalue weighted by atomic mass is 19.4. The van der Waals surface area contributed by atoms with Gasteiger partial charge in [-0.3, -0.25) is 9.69 Å². The highest BCUT2D eigenvalue weighted by Gasteiger charge is 2.44. The van der Waals surface area contributed by atoms with Crippen molar-refractivity contribution in [1.29, 1.82) is 0 Å². The Morgan fingerprint density at radius 1 is 1.36 bits per heavy atom. The second-order valence-electron chi connectivity index (χ2n) is 6.60. The van der Waals surface area contributed by atoms with Crippen LogP contribution in [-0.4, -0.2) is 67.5 Å². The standard InChI is InChI=1S/C16H22N2O3.C2HF3O2/c1-17-16(19)14-7-13-9-18(10-15(14)21-13)8-11-4-3-5-12(6-11)20-2;3-2(4,5)1(6)7/h3-6,13-15H,7-10H2,1-2H3,(H,17,19);(H,6,7)/t13-,14+,15-;/m1./s1. The Labute approximate surface area is 160 Å². The third-order valence-corrected chi connectivity index (χ3v) is 4.60. The zero-order chi connectivity index (χ0) is 20.9. The van der Waals surface area contributed by atoms with Gasteiger partial charge in [0, 0.05) is 26.7 Å². The number of nitrogens with zero attached hydrogens (tertiary/aromatic N) is 1. The number of ether oxygens (including phenoxy) is 2. The van der Waals surface area contributed by atoms with Crippen LogP contribution in [0.25, 0.3) is 0 Å². The van der Waals surface area contributed by atoms with Crippen molar-refractivity contribution < 1.29 is 37.3 Å². The molecular weight excluding hydrogens is 381 g/mol. The summed E-state index contributed by atoms with van der Waals surface area (Å²) < 4.78 is 42.9. The third-order valence-electron chi connectivity index (χ3n) is 4.60. The van der Waals surface area contributed by atoms with Crippen LogP contribution in [0.4, 0.5) is 13.2 Å². The molecule has 3 rings (SSSR count). The van der Waals surface area contributed by atoms with Gasteiger partial charge in [0.15, 0.2) is 0 Å². The number of methoxy groups -OCH3 is 1. The van der Waals surface area contributed by atoms with E-state index in [1.807, 2.05) is 12.1 Å². The molecule has 0 aromatic heterocycles. The maximum atomic E-state index is 11.9. The first-order chi connectivity index (χ1) is 13.1. The molecule has 2 heterocycles. The van der Waals surface area contributed by atoms with Crippen LogP contribution in [0.2, 0.25) is 0 Å². The molecule has 0 saturated carbocycles. The van der Waals surface area contributed by atoms with E-state index in [1.54, 1.807) is 14.2 Å². The molecule has 156 valence electrons. The summed E-state index contributed by atoms with van der Waals surface area (Å²) in [5.74, 6) is -1.78. The smallest absolute Gasteiger partial charge is 0.490 e. The Hall–Kier alpha value is -2.33. The Morgan fingerprint density at radius 3 is 2.61 bits per heavy atom. The van der Waals surface area contributed by atoms with Crippen LogP contribution in [0.3, 0.4) is 0 Å². The molecule has 0 spiro atoms. The zero-order valence-corrected chi connectivity index (χ0v) is 15.5. The van der Waals surface area contributed by atoms with E-state index in [0.29, 0.717) is 0 Å². The van der Waals surface area contributed by atoms with Crippen molar-refractivity contribution >= 4 is 11.9 Å². The van der Waals surface area contributed by atoms with Gasteiger partial charge in [-0.15, -0.1) is 0 Å². The molecule has 0 aliphatic carbocycles. The Balaban J connectivity index is 0.000000345. The molecule has 2 aliphatic heterocycles. The molecule has 2 N–H and O–H groups in total. The molecule has 0 unspecified atom stereocenters. The van der Waals surface area contributed by atoms with Crippen LogP contribution < -0.4 is 10.1 Å². The van der Waals surface area contributed by atoms with Crippen LogP contribution in [0.5, 0.6) is 5.75 Å². The molecule has 7 nitrogen and oxygen atoms in total. The van der Waals surface area contributed by atoms with Crippen LogP contribution in [0.15, 0.2) is 24.3 Å². The lowest BCUT2D eigenvalue weighted by Crippen LogP contribution is -2.44. The third kappa shape index (κ3) is 5.83. The van der Waals surface area contributed by atoms with Gasteiger partial charge in [0.1, 0.15) is 5.75 Å². The van der Waals surface area contributed by atoms with Crippen molar-refractivity contribution in [2.24, 2.45) is 5.92 Å². The Morgan fingerprint density at radius 2 is 2.04 bits per heavy atom. The summed E-state index contributed by atoms with van der Waals surface area (Å²) in [5.41, 5.74) is 1.23. The molecular formula is C18H23F3N2O5. The number of likely N-dealkylation sites (tertiary alicyclic amines) is 1. The quantitative estimate of drug-likeness (QED) is 0.794. The SMILES string of the molecule is CNC(=O)[C@H]1C[C@@H]2CN(Cc3cccc(OC)c3)C[C@H]1O2.O=C(O)C(F)(F)F. The molecule has 10 heteroatoms. The second-order valence-corrected chi connectivity index (χ2v) is 6.60. The first kappa shape index (κ1) is 22.0. The summed E-state index contributed by atoms with van der Waals surface area (Å²) in [6.45, 7) is 2.57. The number of hydrogen-bond acceptors (Lipinski definition) is 5. The summed E-state index contributed by atoms with van der Waals surface area (Å²) in [6, 6.07) is 8.13. The van der Waals surface area contributed by atoms with E-state index in [4.69, 9.17) is 19.4 Å². The molecule has 2 aliphatic rings. The van der Waals surface area contributed by atoms with Gasteiger partial charge in [-0.25, -0.2) is 4.79 Å². The van der Waals surface area contributed by atoms with Gasteiger partial charge in [0.05, 0.1) is 25.2 Å². The summed E-state index contributed by atoms with van der Waals surface area (Å²) >= 11 is 0. The van der Waals surface area contributed by atoms with Crippen molar-refractivity contribution in [3.05, 3.63) is 29.8 Å². The van der Waals surface area contributed by atoms with Gasteiger partial charge in [0.2, 0.25) is 5.91 Å². The van der Waals surface area contributed by atoms with Crippen molar-refractivity contribution in [2.75, 3.05) is 27.2 Å². The molecule has 2 saturated heterocycles. The zero-order valence-electron chi connectivity index (χ0n) is 15.5. The molecule has 0 radical (unpaired) electrons. The van der Waals surface area contributed by atoms with Crippen LogP contribution in [-0.2, 0) is 20.9 Å². The first-order valence-corrected chi connectivity index (χ1v) is 8.66. The molecule has 3 atom stereocenters. The number of hydrogen-bond donors (Lipinski definition) is 2. The van der Waals surface area contributed by atoms with E-state index in [-0.39, 0.29) is 24.0 Å². The van der Waals surface area contributed by atoms with E-state index in [9.17, 15) is 18.0 Å². The molecule has 2 bridgehead atoms. The number of amides is 1. The molecule has 2 fully saturated rings. The highest BCUT2D eigenvalue weighted by Crippen LogP contribution is 2.32. The lowest BCUT2D eigenvalue weighted by Gasteiger charge is -2.32. The number of morpholine rings is 1. The maximum absolute atomic E-state index is 11.9. The Bertz CT molecular complexity index is 698. The minimum absolute atomic E-state index is 0.00434. The number of carbonyl (C=O) groups is 2. The van der Waals surface area contributed by atoms with E-state index in [2.05, 4.69) is 22.3 Å². The van der Waals surface area contributed by atoms with Crippen LogP contribution in [0, 0.1) is 5.92 Å². The van der Waals surface area contributed by atoms with E-state index >= 15 is 0 Å². The number of nitrogens with one attached hydrogen (secondary N) is 1. The number of fused-ring (bicyclic) bond motifs is 2. The van der Waals surface area contributed by atoms with E-state index in [1.165, 1.54) is 5.56 Å². The van der Waals surface area contributed by atoms with Crippen molar-refractivity contribution in [2.45, 2.75) is 31.3 Å². The number of alkyl halides is 3. The maximum Gasteiger partial charge on any atom is 0.490 e. The number of benzene rings is 1. The van der Waals surface area contributed by atoms with Crippen molar-refractivity contribution in [1.82, 2.24) is 10.2 Å². The number of carboxylic acids is 1. The van der Waals surface area contributed by atoms with Crippen LogP contribution >= 0.6 is 0 Å². The van der Waals surface area contributed by atoms with Crippen LogP contribution in [0.1, 0.15) is 12.0 Å². The minimum Gasteiger partial charge on any atom is -0.497 e. The fourth-order valence-corrected chi connectivity index (χ4v) is 3.36. The lowest BCUT2D eigenvalue weighted by molar-refractivity contribution is -0.192. The normalized spacial score (nSPS) is 24.1. The predicted octanol–water partition coefficient (Wildman–Crippen LogP) is 1.66. The molecule has 1 aromatic rings. The molecule has 1 amide bonds. The average molecular weight is 404 g/mol. The predicted molar refractivity (Wildman–Crippen MR) is 92.8 cm³/mol. The minimum atomic E-state index is -5.08. The van der Waals surface area contributed by atoms with Gasteiger partial charge in [-0.1, -0.05) is 12.1 Å². The average Bonchev–Trinajstić information content (AvgIpc) is 2.95. The summed E-state index contributed by atoms with van der Waals surface area (Å²) in [6.07, 6.45) is -4.05. The number of carboxylic acid groups (broad SMARTS) is 1. The largest absolute Gasteiger partial charge is 0.497 e. The van der Waals surface area contributed by atoms with Gasteiger partial charge in [-0.05, 0) is 24.1 Å². The fourth-order valence-electron chi connectivity index (χ4n) is 3.36. The molecule has 28 heavy (non-hydrogen) atoms. The first-order valence-electron chi connectivity index (χ1n) is 8.66. The fraction of sp³-hybridized carbons (Fsp3) is 0.556. The number of rotatable bonds is 4. The highest BCUT2D eigenvalue weighted by molar-refractivity contribution is 5.79. The van der Waals surface area contributed by atoms with Crippen molar-refractivity contribution in [3.63, 3.8) is 0 Å². The van der Waals surface area contributed by atoms with Gasteiger partial charge < -0.3 is 19.9 Å². The summed E-state index contributed by atoms with van der Waals surface area (Å²) in [4.78, 5) is 23.1. The van der Waals surface area contributed by atoms with Gasteiger partial charge >= 0.3 is 12.1 Å². The second kappa shape index (κ2) is 9.24. The van der Waals surface area contributed by atoms with E-state index in [0.717, 1.165) is 31.8 Å². The van der Waals surface area contributed by atoms with E-state index < -0.39 is 12.1 Å². The van der Waals surface area contributed by atoms with Crippen molar-refractivity contribution in [3.8, 4) is 5.75 Å². The summed E-state index contributed by atoms with van der Waals surface area (Å²) in [5, 5.41) is 9.87. The number of aliphatic carboxylic acids is 1. The summed E-state index contributed by atoms with van der Waals surface area (Å²) in [7, 11) is 3.38. The number of carbonyl (C=O) groups excluding carboxylic acids is 1. The molecule has 1 aromatic carbocycles. The van der Waals surface area contributed by atoms with Gasteiger partial charge in [-0.2, -0.15) is 13.2 Å². The van der Waals surface area contributed by atoms with Gasteiger partial charge in [0.25, 0.3) is 0 Å².